The van der Waals surface area contributed by atoms with Crippen molar-refractivity contribution in [2.45, 2.75) is 4.90 Å². The number of sulfonamides is 1. The molecule has 0 spiro atoms. The van der Waals surface area contributed by atoms with Gasteiger partial charge in [-0.05, 0) is 24.3 Å². The first-order valence-electron chi connectivity index (χ1n) is 9.31. The zero-order valence-corrected chi connectivity index (χ0v) is 16.5. The first-order chi connectivity index (χ1) is 13.9. The Balaban J connectivity index is 1.46. The van der Waals surface area contributed by atoms with Crippen molar-refractivity contribution < 1.29 is 21.9 Å². The highest BCUT2D eigenvalue weighted by Gasteiger charge is 2.31. The molecule has 11 heteroatoms. The minimum absolute atomic E-state index is 0.148. The third-order valence-electron chi connectivity index (χ3n) is 5.00. The van der Waals surface area contributed by atoms with E-state index in [-0.39, 0.29) is 13.1 Å². The van der Waals surface area contributed by atoms with Crippen molar-refractivity contribution in [3.63, 3.8) is 0 Å². The fraction of sp³-hybridized carbons (Fsp3) is 0.444. The minimum Gasteiger partial charge on any atom is -0.378 e. The number of piperazine rings is 1. The number of hydrogen-bond donors (Lipinski definition) is 0. The number of benzene rings is 1. The van der Waals surface area contributed by atoms with Crippen LogP contribution >= 0.6 is 0 Å². The number of nitrogens with zero attached hydrogens (tertiary/aromatic N) is 5. The maximum atomic E-state index is 14.0. The molecule has 8 nitrogen and oxygen atoms in total. The summed E-state index contributed by atoms with van der Waals surface area (Å²) in [5, 5.41) is 0. The summed E-state index contributed by atoms with van der Waals surface area (Å²) in [6.07, 6.45) is 1.68. The van der Waals surface area contributed by atoms with Gasteiger partial charge < -0.3 is 14.5 Å². The maximum absolute atomic E-state index is 14.0. The summed E-state index contributed by atoms with van der Waals surface area (Å²) in [5.41, 5.74) is 0. The molecule has 2 aliphatic rings. The Morgan fingerprint density at radius 1 is 0.931 bits per heavy atom. The fourth-order valence-corrected chi connectivity index (χ4v) is 4.90. The van der Waals surface area contributed by atoms with Crippen LogP contribution in [0.15, 0.2) is 35.4 Å². The zero-order chi connectivity index (χ0) is 20.4. The lowest BCUT2D eigenvalue weighted by molar-refractivity contribution is 0.122. The summed E-state index contributed by atoms with van der Waals surface area (Å²) in [7, 11) is -4.11. The monoisotopic (exact) mass is 425 g/mol. The van der Waals surface area contributed by atoms with Crippen LogP contribution in [0.4, 0.5) is 20.5 Å². The number of hydrogen-bond acceptors (Lipinski definition) is 7. The van der Waals surface area contributed by atoms with E-state index >= 15 is 0 Å². The highest BCUT2D eigenvalue weighted by Crippen LogP contribution is 2.23. The Labute approximate surface area is 167 Å². The van der Waals surface area contributed by atoms with E-state index in [0.717, 1.165) is 18.2 Å². The lowest BCUT2D eigenvalue weighted by atomic mass is 10.3. The highest BCUT2D eigenvalue weighted by atomic mass is 32.2. The number of anilines is 2. The quantitative estimate of drug-likeness (QED) is 0.726. The van der Waals surface area contributed by atoms with Crippen molar-refractivity contribution in [3.05, 3.63) is 42.1 Å². The molecule has 0 bridgehead atoms. The van der Waals surface area contributed by atoms with Gasteiger partial charge in [-0.25, -0.2) is 22.2 Å². The van der Waals surface area contributed by atoms with Crippen LogP contribution in [0.3, 0.4) is 0 Å². The predicted octanol–water partition coefficient (Wildman–Crippen LogP) is 1.10. The van der Waals surface area contributed by atoms with E-state index in [1.807, 2.05) is 9.80 Å². The van der Waals surface area contributed by atoms with Gasteiger partial charge in [-0.15, -0.1) is 0 Å². The molecule has 2 aliphatic heterocycles. The smallest absolute Gasteiger partial charge is 0.246 e. The Morgan fingerprint density at radius 2 is 1.66 bits per heavy atom. The molecular weight excluding hydrogens is 404 g/mol. The second-order valence-corrected chi connectivity index (χ2v) is 8.69. The Bertz CT molecular complexity index is 977. The van der Waals surface area contributed by atoms with E-state index in [4.69, 9.17) is 4.74 Å². The largest absolute Gasteiger partial charge is 0.378 e. The van der Waals surface area contributed by atoms with E-state index in [1.54, 1.807) is 12.3 Å². The molecule has 1 aromatic heterocycles. The van der Waals surface area contributed by atoms with Gasteiger partial charge in [0.1, 0.15) is 22.3 Å². The Morgan fingerprint density at radius 3 is 2.38 bits per heavy atom. The molecule has 156 valence electrons. The predicted molar refractivity (Wildman–Crippen MR) is 102 cm³/mol. The van der Waals surface area contributed by atoms with Crippen molar-refractivity contribution in [2.75, 3.05) is 62.3 Å². The molecule has 0 amide bonds. The molecule has 2 fully saturated rings. The van der Waals surface area contributed by atoms with E-state index in [0.29, 0.717) is 51.2 Å². The molecule has 0 radical (unpaired) electrons. The van der Waals surface area contributed by atoms with Gasteiger partial charge in [-0.2, -0.15) is 9.29 Å². The Hall–Kier alpha value is -2.37. The van der Waals surface area contributed by atoms with Gasteiger partial charge in [0, 0.05) is 45.5 Å². The number of morpholine rings is 1. The summed E-state index contributed by atoms with van der Waals surface area (Å²) in [5.74, 6) is -0.432. The lowest BCUT2D eigenvalue weighted by Gasteiger charge is -2.35. The molecule has 3 heterocycles. The third kappa shape index (κ3) is 4.16. The van der Waals surface area contributed by atoms with Crippen molar-refractivity contribution in [1.29, 1.82) is 0 Å². The van der Waals surface area contributed by atoms with E-state index in [2.05, 4.69) is 9.97 Å². The second-order valence-electron chi connectivity index (χ2n) is 6.78. The SMILES string of the molecule is O=S(=O)(c1cc(F)ccc1F)N1CCN(c2ccnc(N3CCOCC3)n2)CC1. The van der Waals surface area contributed by atoms with Crippen molar-refractivity contribution in [3.8, 4) is 0 Å². The number of halogens is 2. The van der Waals surface area contributed by atoms with Gasteiger partial charge in [0.2, 0.25) is 16.0 Å². The first-order valence-corrected chi connectivity index (χ1v) is 10.7. The first kappa shape index (κ1) is 19.9. The molecule has 2 aromatic rings. The van der Waals surface area contributed by atoms with Crippen molar-refractivity contribution in [2.24, 2.45) is 0 Å². The number of ether oxygens (including phenoxy) is 1. The van der Waals surface area contributed by atoms with Crippen LogP contribution in [-0.4, -0.2) is 75.2 Å². The molecule has 2 saturated heterocycles. The van der Waals surface area contributed by atoms with Gasteiger partial charge >= 0.3 is 0 Å². The Kier molecular flexibility index (Phi) is 5.61. The number of rotatable bonds is 4. The summed E-state index contributed by atoms with van der Waals surface area (Å²) in [4.78, 5) is 12.3. The lowest BCUT2D eigenvalue weighted by Crippen LogP contribution is -2.49. The van der Waals surface area contributed by atoms with Crippen LogP contribution in [0.25, 0.3) is 0 Å². The molecule has 0 saturated carbocycles. The average molecular weight is 425 g/mol. The van der Waals surface area contributed by atoms with Gasteiger partial charge in [0.05, 0.1) is 13.2 Å². The van der Waals surface area contributed by atoms with Crippen molar-refractivity contribution in [1.82, 2.24) is 14.3 Å². The molecule has 0 atom stereocenters. The molecule has 29 heavy (non-hydrogen) atoms. The molecule has 4 rings (SSSR count). The average Bonchev–Trinajstić information content (AvgIpc) is 2.76. The third-order valence-corrected chi connectivity index (χ3v) is 6.91. The summed E-state index contributed by atoms with van der Waals surface area (Å²) < 4.78 is 59.4. The summed E-state index contributed by atoms with van der Waals surface area (Å²) in [6.45, 7) is 3.75. The minimum atomic E-state index is -4.11. The van der Waals surface area contributed by atoms with Crippen LogP contribution in [-0.2, 0) is 14.8 Å². The van der Waals surface area contributed by atoms with Gasteiger partial charge in [-0.3, -0.25) is 0 Å². The van der Waals surface area contributed by atoms with Crippen LogP contribution < -0.4 is 9.80 Å². The standard InChI is InChI=1S/C18H21F2N5O3S/c19-14-1-2-15(20)16(13-14)29(26,27)25-7-5-23(6-8-25)17-3-4-21-18(22-17)24-9-11-28-12-10-24/h1-4,13H,5-12H2. The van der Waals surface area contributed by atoms with Gasteiger partial charge in [0.15, 0.2) is 0 Å². The van der Waals surface area contributed by atoms with Gasteiger partial charge in [-0.1, -0.05) is 0 Å². The molecule has 0 unspecified atom stereocenters. The molecule has 0 aliphatic carbocycles. The zero-order valence-electron chi connectivity index (χ0n) is 15.7. The highest BCUT2D eigenvalue weighted by molar-refractivity contribution is 7.89. The van der Waals surface area contributed by atoms with E-state index in [9.17, 15) is 17.2 Å². The topological polar surface area (TPSA) is 78.9 Å². The van der Waals surface area contributed by atoms with Crippen LogP contribution in [0.1, 0.15) is 0 Å². The van der Waals surface area contributed by atoms with Crippen molar-refractivity contribution >= 4 is 21.8 Å². The second kappa shape index (κ2) is 8.17. The fourth-order valence-electron chi connectivity index (χ4n) is 3.40. The maximum Gasteiger partial charge on any atom is 0.246 e. The molecular formula is C18H21F2N5O3S. The summed E-state index contributed by atoms with van der Waals surface area (Å²) in [6, 6.07) is 4.22. The molecule has 1 aromatic carbocycles. The molecule has 0 N–H and O–H groups in total. The van der Waals surface area contributed by atoms with E-state index in [1.165, 1.54) is 4.31 Å². The van der Waals surface area contributed by atoms with Crippen LogP contribution in [0.2, 0.25) is 0 Å². The van der Waals surface area contributed by atoms with Crippen LogP contribution in [0.5, 0.6) is 0 Å². The van der Waals surface area contributed by atoms with Crippen LogP contribution in [0, 0.1) is 11.6 Å². The normalized spacial score (nSPS) is 18.8. The summed E-state index contributed by atoms with van der Waals surface area (Å²) >= 11 is 0. The van der Waals surface area contributed by atoms with E-state index < -0.39 is 26.6 Å². The van der Waals surface area contributed by atoms with Gasteiger partial charge in [0.25, 0.3) is 0 Å². The number of aromatic nitrogens is 2.